The number of carbonyl (C=O) groups excluding carboxylic acids is 1. The van der Waals surface area contributed by atoms with Crippen molar-refractivity contribution < 1.29 is 17.9 Å². The monoisotopic (exact) mass is 494 g/mol. The molecule has 0 spiro atoms. The lowest BCUT2D eigenvalue weighted by molar-refractivity contribution is 0.0958. The Morgan fingerprint density at radius 1 is 1.03 bits per heavy atom. The van der Waals surface area contributed by atoms with Gasteiger partial charge in [-0.2, -0.15) is 0 Å². The lowest BCUT2D eigenvalue weighted by Gasteiger charge is -2.21. The number of sulfonamides is 1. The van der Waals surface area contributed by atoms with Crippen molar-refractivity contribution >= 4 is 43.0 Å². The SMILES string of the molecule is COc1ccc(C)cc1S(=O)(=O)N(C)c1ccc2sc(C(=O)NCCc3ccccc3)cc2c1. The molecular formula is C26H26N2O4S2. The molecule has 0 aliphatic rings. The van der Waals surface area contributed by atoms with E-state index in [4.69, 9.17) is 4.74 Å². The van der Waals surface area contributed by atoms with Crippen LogP contribution in [-0.4, -0.2) is 35.0 Å². The number of nitrogens with zero attached hydrogens (tertiary/aromatic N) is 1. The molecule has 1 amide bonds. The van der Waals surface area contributed by atoms with E-state index in [2.05, 4.69) is 5.32 Å². The van der Waals surface area contributed by atoms with Gasteiger partial charge in [-0.25, -0.2) is 8.42 Å². The van der Waals surface area contributed by atoms with Gasteiger partial charge in [0.15, 0.2) is 0 Å². The first kappa shape index (κ1) is 23.8. The molecule has 0 atom stereocenters. The van der Waals surface area contributed by atoms with Gasteiger partial charge in [-0.15, -0.1) is 11.3 Å². The van der Waals surface area contributed by atoms with E-state index in [1.807, 2.05) is 49.4 Å². The lowest BCUT2D eigenvalue weighted by atomic mass is 10.1. The van der Waals surface area contributed by atoms with Gasteiger partial charge < -0.3 is 10.1 Å². The lowest BCUT2D eigenvalue weighted by Crippen LogP contribution is -2.27. The summed E-state index contributed by atoms with van der Waals surface area (Å²) in [5.74, 6) is 0.160. The molecule has 1 heterocycles. The second-order valence-electron chi connectivity index (χ2n) is 7.95. The number of anilines is 1. The second-order valence-corrected chi connectivity index (χ2v) is 11.0. The average Bonchev–Trinajstić information content (AvgIpc) is 3.28. The van der Waals surface area contributed by atoms with E-state index in [0.717, 1.165) is 22.1 Å². The van der Waals surface area contributed by atoms with Crippen LogP contribution < -0.4 is 14.4 Å². The van der Waals surface area contributed by atoms with E-state index in [1.165, 1.54) is 35.4 Å². The van der Waals surface area contributed by atoms with Crippen LogP contribution in [0.3, 0.4) is 0 Å². The molecule has 0 unspecified atom stereocenters. The molecule has 0 bridgehead atoms. The topological polar surface area (TPSA) is 75.7 Å². The van der Waals surface area contributed by atoms with Crippen LogP contribution >= 0.6 is 11.3 Å². The third-order valence-electron chi connectivity index (χ3n) is 5.59. The summed E-state index contributed by atoms with van der Waals surface area (Å²) >= 11 is 1.38. The molecule has 1 aromatic heterocycles. The van der Waals surface area contributed by atoms with Gasteiger partial charge in [-0.3, -0.25) is 9.10 Å². The molecule has 0 saturated carbocycles. The van der Waals surface area contributed by atoms with E-state index in [9.17, 15) is 13.2 Å². The maximum absolute atomic E-state index is 13.3. The van der Waals surface area contributed by atoms with Gasteiger partial charge >= 0.3 is 0 Å². The summed E-state index contributed by atoms with van der Waals surface area (Å²) in [6, 6.07) is 22.2. The first-order valence-corrected chi connectivity index (χ1v) is 13.0. The number of hydrogen-bond acceptors (Lipinski definition) is 5. The van der Waals surface area contributed by atoms with Crippen LogP contribution in [0.25, 0.3) is 10.1 Å². The molecule has 34 heavy (non-hydrogen) atoms. The van der Waals surface area contributed by atoms with Crippen LogP contribution in [0.4, 0.5) is 5.69 Å². The summed E-state index contributed by atoms with van der Waals surface area (Å²) in [6.07, 6.45) is 0.757. The zero-order valence-electron chi connectivity index (χ0n) is 19.2. The molecule has 4 rings (SSSR count). The third-order valence-corrected chi connectivity index (χ3v) is 8.51. The van der Waals surface area contributed by atoms with Gasteiger partial charge in [0.2, 0.25) is 0 Å². The highest BCUT2D eigenvalue weighted by atomic mass is 32.2. The summed E-state index contributed by atoms with van der Waals surface area (Å²) in [5, 5.41) is 3.77. The van der Waals surface area contributed by atoms with Gasteiger partial charge in [0, 0.05) is 18.3 Å². The van der Waals surface area contributed by atoms with Gasteiger partial charge in [0.1, 0.15) is 10.6 Å². The van der Waals surface area contributed by atoms with Gasteiger partial charge in [-0.05, 0) is 66.3 Å². The number of nitrogens with one attached hydrogen (secondary N) is 1. The average molecular weight is 495 g/mol. The van der Waals surface area contributed by atoms with E-state index in [1.54, 1.807) is 30.3 Å². The minimum Gasteiger partial charge on any atom is -0.495 e. The number of thiophene rings is 1. The molecule has 3 aromatic carbocycles. The molecule has 0 aliphatic heterocycles. The fourth-order valence-electron chi connectivity index (χ4n) is 3.66. The highest BCUT2D eigenvalue weighted by Gasteiger charge is 2.26. The van der Waals surface area contributed by atoms with Crippen molar-refractivity contribution in [3.05, 3.63) is 88.8 Å². The maximum atomic E-state index is 13.3. The zero-order valence-corrected chi connectivity index (χ0v) is 20.9. The number of rotatable bonds is 8. The largest absolute Gasteiger partial charge is 0.495 e. The van der Waals surface area contributed by atoms with Crippen molar-refractivity contribution in [3.8, 4) is 5.75 Å². The fourth-order valence-corrected chi connectivity index (χ4v) is 6.05. The first-order chi connectivity index (χ1) is 16.3. The standard InChI is InChI=1S/C26H26N2O4S2/c1-18-9-11-22(32-3)25(15-18)34(30,31)28(2)21-10-12-23-20(16-21)17-24(33-23)26(29)27-14-13-19-7-5-4-6-8-19/h4-12,15-17H,13-14H2,1-3H3,(H,27,29). The summed E-state index contributed by atoms with van der Waals surface area (Å²) < 4.78 is 34.1. The fraction of sp³-hybridized carbons (Fsp3) is 0.192. The predicted molar refractivity (Wildman–Crippen MR) is 138 cm³/mol. The minimum atomic E-state index is -3.84. The van der Waals surface area contributed by atoms with Crippen molar-refractivity contribution in [3.63, 3.8) is 0 Å². The van der Waals surface area contributed by atoms with E-state index < -0.39 is 10.0 Å². The van der Waals surface area contributed by atoms with Crippen molar-refractivity contribution in [1.29, 1.82) is 0 Å². The number of ether oxygens (including phenoxy) is 1. The number of aryl methyl sites for hydroxylation is 1. The van der Waals surface area contributed by atoms with Gasteiger partial charge in [-0.1, -0.05) is 36.4 Å². The molecule has 8 heteroatoms. The Morgan fingerprint density at radius 2 is 1.79 bits per heavy atom. The highest BCUT2D eigenvalue weighted by Crippen LogP contribution is 2.33. The van der Waals surface area contributed by atoms with Crippen LogP contribution in [0.1, 0.15) is 20.8 Å². The Bertz CT molecular complexity index is 1430. The molecule has 0 fully saturated rings. The molecule has 1 N–H and O–H groups in total. The predicted octanol–water partition coefficient (Wildman–Crippen LogP) is 5.02. The third kappa shape index (κ3) is 4.93. The number of amides is 1. The van der Waals surface area contributed by atoms with Crippen molar-refractivity contribution in [2.75, 3.05) is 25.0 Å². The van der Waals surface area contributed by atoms with Crippen molar-refractivity contribution in [1.82, 2.24) is 5.32 Å². The Morgan fingerprint density at radius 3 is 2.53 bits per heavy atom. The molecule has 4 aromatic rings. The normalized spacial score (nSPS) is 11.4. The zero-order chi connectivity index (χ0) is 24.3. The van der Waals surface area contributed by atoms with Crippen LogP contribution in [-0.2, 0) is 16.4 Å². The van der Waals surface area contributed by atoms with Crippen LogP contribution in [0.15, 0.2) is 77.7 Å². The van der Waals surface area contributed by atoms with Gasteiger partial charge in [0.05, 0.1) is 17.7 Å². The molecular weight excluding hydrogens is 468 g/mol. The molecule has 6 nitrogen and oxygen atoms in total. The molecule has 0 aliphatic carbocycles. The Hall–Kier alpha value is -3.36. The number of fused-ring (bicyclic) bond motifs is 1. The second kappa shape index (κ2) is 9.87. The maximum Gasteiger partial charge on any atom is 0.267 e. The van der Waals surface area contributed by atoms with E-state index in [-0.39, 0.29) is 10.8 Å². The quantitative estimate of drug-likeness (QED) is 0.373. The van der Waals surface area contributed by atoms with Crippen LogP contribution in [0, 0.1) is 6.92 Å². The molecule has 176 valence electrons. The summed E-state index contributed by atoms with van der Waals surface area (Å²) in [4.78, 5) is 13.4. The van der Waals surface area contributed by atoms with Gasteiger partial charge in [0.25, 0.3) is 15.9 Å². The Labute approximate surface area is 203 Å². The number of methoxy groups -OCH3 is 1. The summed E-state index contributed by atoms with van der Waals surface area (Å²) in [7, 11) is -0.874. The first-order valence-electron chi connectivity index (χ1n) is 10.8. The van der Waals surface area contributed by atoms with Crippen molar-refractivity contribution in [2.45, 2.75) is 18.2 Å². The van der Waals surface area contributed by atoms with Crippen molar-refractivity contribution in [2.24, 2.45) is 0 Å². The Kier molecular flexibility index (Phi) is 6.90. The summed E-state index contributed by atoms with van der Waals surface area (Å²) in [6.45, 7) is 2.38. The van der Waals surface area contributed by atoms with E-state index >= 15 is 0 Å². The van der Waals surface area contributed by atoms with Crippen LogP contribution in [0.2, 0.25) is 0 Å². The Balaban J connectivity index is 1.53. The molecule has 0 radical (unpaired) electrons. The van der Waals surface area contributed by atoms with E-state index in [0.29, 0.717) is 22.9 Å². The molecule has 0 saturated heterocycles. The number of benzene rings is 3. The minimum absolute atomic E-state index is 0.112. The highest BCUT2D eigenvalue weighted by molar-refractivity contribution is 7.93. The number of carbonyl (C=O) groups is 1. The number of hydrogen-bond donors (Lipinski definition) is 1. The summed E-state index contributed by atoms with van der Waals surface area (Å²) in [5.41, 5.74) is 2.49. The smallest absolute Gasteiger partial charge is 0.267 e. The van der Waals surface area contributed by atoms with Crippen LogP contribution in [0.5, 0.6) is 5.75 Å².